The summed E-state index contributed by atoms with van der Waals surface area (Å²) < 4.78 is 11.2. The van der Waals surface area contributed by atoms with Gasteiger partial charge >= 0.3 is 0 Å². The van der Waals surface area contributed by atoms with Crippen LogP contribution in [0.1, 0.15) is 18.7 Å². The van der Waals surface area contributed by atoms with Crippen LogP contribution in [0.5, 0.6) is 11.5 Å². The number of benzene rings is 1. The Morgan fingerprint density at radius 2 is 1.90 bits per heavy atom. The average Bonchev–Trinajstić information content (AvgIpc) is 2.77. The Morgan fingerprint density at radius 3 is 2.50 bits per heavy atom. The van der Waals surface area contributed by atoms with Crippen molar-refractivity contribution in [3.8, 4) is 22.8 Å². The summed E-state index contributed by atoms with van der Waals surface area (Å²) in [7, 11) is 3.26. The molecular formula is C15H18ClNO2S. The maximum absolute atomic E-state index is 6.08. The summed E-state index contributed by atoms with van der Waals surface area (Å²) in [6, 6.07) is 5.81. The predicted molar refractivity (Wildman–Crippen MR) is 84.2 cm³/mol. The van der Waals surface area contributed by atoms with Crippen molar-refractivity contribution in [3.05, 3.63) is 27.5 Å². The number of aromatic nitrogens is 1. The van der Waals surface area contributed by atoms with Crippen LogP contribution in [-0.2, 0) is 6.42 Å². The Balaban J connectivity index is 2.45. The minimum absolute atomic E-state index is 0.561. The zero-order chi connectivity index (χ0) is 14.7. The molecule has 2 rings (SSSR count). The van der Waals surface area contributed by atoms with Gasteiger partial charge in [0, 0.05) is 10.4 Å². The minimum Gasteiger partial charge on any atom is -0.493 e. The molecule has 3 nitrogen and oxygen atoms in total. The molecule has 0 unspecified atom stereocenters. The summed E-state index contributed by atoms with van der Waals surface area (Å²) in [5, 5.41) is 0. The summed E-state index contributed by atoms with van der Waals surface area (Å²) >= 11 is 7.63. The van der Waals surface area contributed by atoms with Crippen molar-refractivity contribution in [2.24, 2.45) is 5.92 Å². The number of methoxy groups -OCH3 is 2. The van der Waals surface area contributed by atoms with Gasteiger partial charge in [-0.25, -0.2) is 4.98 Å². The fraction of sp³-hybridized carbons (Fsp3) is 0.400. The predicted octanol–water partition coefficient (Wildman–Crippen LogP) is 4.68. The van der Waals surface area contributed by atoms with Gasteiger partial charge in [-0.1, -0.05) is 25.4 Å². The van der Waals surface area contributed by atoms with Crippen LogP contribution in [0.25, 0.3) is 11.3 Å². The van der Waals surface area contributed by atoms with E-state index in [1.807, 2.05) is 18.2 Å². The first-order chi connectivity index (χ1) is 9.55. The van der Waals surface area contributed by atoms with E-state index < -0.39 is 0 Å². The molecule has 0 spiro atoms. The molecule has 0 N–H and O–H groups in total. The fourth-order valence-corrected chi connectivity index (χ4v) is 3.42. The minimum atomic E-state index is 0.561. The first kappa shape index (κ1) is 15.1. The van der Waals surface area contributed by atoms with E-state index >= 15 is 0 Å². The number of hydrogen-bond acceptors (Lipinski definition) is 4. The first-order valence-electron chi connectivity index (χ1n) is 6.42. The smallest absolute Gasteiger partial charge is 0.184 e. The van der Waals surface area contributed by atoms with Crippen LogP contribution >= 0.6 is 22.9 Å². The summed E-state index contributed by atoms with van der Waals surface area (Å²) in [6.45, 7) is 4.37. The lowest BCUT2D eigenvalue weighted by Gasteiger charge is -2.10. The van der Waals surface area contributed by atoms with Crippen molar-refractivity contribution in [2.45, 2.75) is 20.3 Å². The van der Waals surface area contributed by atoms with Crippen molar-refractivity contribution in [3.63, 3.8) is 0 Å². The van der Waals surface area contributed by atoms with Gasteiger partial charge in [-0.2, -0.15) is 0 Å². The van der Waals surface area contributed by atoms with E-state index in [0.717, 1.165) is 17.7 Å². The zero-order valence-electron chi connectivity index (χ0n) is 12.1. The van der Waals surface area contributed by atoms with Gasteiger partial charge in [0.1, 0.15) is 0 Å². The van der Waals surface area contributed by atoms with E-state index in [0.29, 0.717) is 21.9 Å². The molecule has 0 aliphatic carbocycles. The highest BCUT2D eigenvalue weighted by molar-refractivity contribution is 7.16. The van der Waals surface area contributed by atoms with E-state index in [2.05, 4.69) is 18.8 Å². The topological polar surface area (TPSA) is 31.4 Å². The second kappa shape index (κ2) is 6.46. The summed E-state index contributed by atoms with van der Waals surface area (Å²) in [5.74, 6) is 1.97. The van der Waals surface area contributed by atoms with E-state index in [4.69, 9.17) is 21.1 Å². The summed E-state index contributed by atoms with van der Waals surface area (Å²) in [4.78, 5) is 5.66. The third kappa shape index (κ3) is 3.25. The molecule has 0 saturated heterocycles. The van der Waals surface area contributed by atoms with Gasteiger partial charge in [0.15, 0.2) is 16.0 Å². The van der Waals surface area contributed by atoms with Gasteiger partial charge in [0.05, 0.1) is 19.9 Å². The van der Waals surface area contributed by atoms with Crippen molar-refractivity contribution < 1.29 is 9.47 Å². The van der Waals surface area contributed by atoms with Crippen LogP contribution in [0.3, 0.4) is 0 Å². The second-order valence-corrected chi connectivity index (χ2v) is 6.57. The Bertz CT molecular complexity index is 596. The number of hydrogen-bond donors (Lipinski definition) is 0. The van der Waals surface area contributed by atoms with Crippen LogP contribution in [0, 0.1) is 5.92 Å². The van der Waals surface area contributed by atoms with Gasteiger partial charge in [0.2, 0.25) is 0 Å². The molecule has 0 radical (unpaired) electrons. The summed E-state index contributed by atoms with van der Waals surface area (Å²) in [6.07, 6.45) is 0.966. The van der Waals surface area contributed by atoms with Crippen LogP contribution in [-0.4, -0.2) is 19.2 Å². The number of thiazole rings is 1. The Labute approximate surface area is 128 Å². The summed E-state index contributed by atoms with van der Waals surface area (Å²) in [5.41, 5.74) is 1.94. The van der Waals surface area contributed by atoms with Crippen molar-refractivity contribution >= 4 is 22.9 Å². The quantitative estimate of drug-likeness (QED) is 0.803. The van der Waals surface area contributed by atoms with Crippen molar-refractivity contribution in [2.75, 3.05) is 14.2 Å². The highest BCUT2D eigenvalue weighted by Crippen LogP contribution is 2.37. The van der Waals surface area contributed by atoms with E-state index in [-0.39, 0.29) is 0 Å². The molecule has 0 atom stereocenters. The molecule has 0 aliphatic heterocycles. The van der Waals surface area contributed by atoms with Gasteiger partial charge in [-0.3, -0.25) is 0 Å². The monoisotopic (exact) mass is 311 g/mol. The Kier molecular flexibility index (Phi) is 4.89. The molecule has 1 aromatic heterocycles. The number of ether oxygens (including phenoxy) is 2. The van der Waals surface area contributed by atoms with Gasteiger partial charge in [0.25, 0.3) is 0 Å². The SMILES string of the molecule is COc1ccc(-c2nc(Cl)sc2CC(C)C)cc1OC. The molecule has 5 heteroatoms. The Morgan fingerprint density at radius 1 is 1.20 bits per heavy atom. The molecule has 108 valence electrons. The molecule has 0 fully saturated rings. The molecule has 1 aromatic carbocycles. The van der Waals surface area contributed by atoms with Crippen molar-refractivity contribution in [1.82, 2.24) is 4.98 Å². The zero-order valence-corrected chi connectivity index (χ0v) is 13.6. The normalized spacial score (nSPS) is 10.9. The third-order valence-electron chi connectivity index (χ3n) is 2.92. The molecular weight excluding hydrogens is 294 g/mol. The Hall–Kier alpha value is -1.26. The standard InChI is InChI=1S/C15H18ClNO2S/c1-9(2)7-13-14(17-15(16)20-13)10-5-6-11(18-3)12(8-10)19-4/h5-6,8-9H,7H2,1-4H3. The maximum atomic E-state index is 6.08. The third-order valence-corrected chi connectivity index (χ3v) is 4.10. The maximum Gasteiger partial charge on any atom is 0.184 e. The molecule has 0 amide bonds. The van der Waals surface area contributed by atoms with Gasteiger partial charge in [-0.05, 0) is 30.5 Å². The van der Waals surface area contributed by atoms with Gasteiger partial charge < -0.3 is 9.47 Å². The number of rotatable bonds is 5. The average molecular weight is 312 g/mol. The lowest BCUT2D eigenvalue weighted by Crippen LogP contribution is -1.95. The van der Waals surface area contributed by atoms with Crippen molar-refractivity contribution in [1.29, 1.82) is 0 Å². The van der Waals surface area contributed by atoms with Crippen LogP contribution < -0.4 is 9.47 Å². The number of nitrogens with zero attached hydrogens (tertiary/aromatic N) is 1. The second-order valence-electron chi connectivity index (χ2n) is 4.91. The van der Waals surface area contributed by atoms with Crippen LogP contribution in [0.2, 0.25) is 4.47 Å². The molecule has 20 heavy (non-hydrogen) atoms. The molecule has 0 aliphatic rings. The highest BCUT2D eigenvalue weighted by Gasteiger charge is 2.15. The lowest BCUT2D eigenvalue weighted by molar-refractivity contribution is 0.355. The molecule has 2 aromatic rings. The molecule has 0 bridgehead atoms. The fourth-order valence-electron chi connectivity index (χ4n) is 2.04. The van der Waals surface area contributed by atoms with Crippen LogP contribution in [0.15, 0.2) is 18.2 Å². The highest BCUT2D eigenvalue weighted by atomic mass is 35.5. The first-order valence-corrected chi connectivity index (χ1v) is 7.62. The lowest BCUT2D eigenvalue weighted by atomic mass is 10.0. The van der Waals surface area contributed by atoms with Crippen LogP contribution in [0.4, 0.5) is 0 Å². The molecule has 0 saturated carbocycles. The number of halogens is 1. The molecule has 1 heterocycles. The van der Waals surface area contributed by atoms with Gasteiger partial charge in [-0.15, -0.1) is 11.3 Å². The van der Waals surface area contributed by atoms with E-state index in [1.165, 1.54) is 4.88 Å². The van der Waals surface area contributed by atoms with E-state index in [1.54, 1.807) is 25.6 Å². The largest absolute Gasteiger partial charge is 0.493 e. The van der Waals surface area contributed by atoms with E-state index in [9.17, 15) is 0 Å².